The van der Waals surface area contributed by atoms with E-state index < -0.39 is 26.6 Å². The van der Waals surface area contributed by atoms with Crippen LogP contribution in [0.5, 0.6) is 0 Å². The molecule has 2 aliphatic rings. The Hall–Kier alpha value is -3.59. The zero-order valence-corrected chi connectivity index (χ0v) is 30.7. The number of rotatable bonds is 5. The van der Waals surface area contributed by atoms with Crippen LogP contribution >= 0.6 is 0 Å². The minimum absolute atomic E-state index is 0.547. The van der Waals surface area contributed by atoms with Crippen LogP contribution in [0.25, 0.3) is 44.8 Å². The van der Waals surface area contributed by atoms with Crippen molar-refractivity contribution in [2.24, 2.45) is 0 Å². The summed E-state index contributed by atoms with van der Waals surface area (Å²) in [6.07, 6.45) is 5.15. The Morgan fingerprint density at radius 2 is 0.841 bits per heavy atom. The third kappa shape index (κ3) is 4.41. The molecule has 0 saturated heterocycles. The molecule has 0 aromatic heterocycles. The molecule has 8 rings (SSSR count). The van der Waals surface area contributed by atoms with Crippen LogP contribution in [0.15, 0.2) is 121 Å². The number of aryl methyl sites for hydroxylation is 2. The van der Waals surface area contributed by atoms with E-state index >= 15 is 0 Å². The molecule has 2 aliphatic carbocycles. The van der Waals surface area contributed by atoms with E-state index in [1.54, 1.807) is 22.3 Å². The fourth-order valence-corrected chi connectivity index (χ4v) is 39.6. The molecule has 0 nitrogen and oxygen atoms in total. The predicted molar refractivity (Wildman–Crippen MR) is 190 cm³/mol. The van der Waals surface area contributed by atoms with E-state index in [9.17, 15) is 0 Å². The van der Waals surface area contributed by atoms with E-state index in [0.717, 1.165) is 0 Å². The summed E-state index contributed by atoms with van der Waals surface area (Å²) >= 11 is -2.60. The van der Waals surface area contributed by atoms with Gasteiger partial charge >= 0.3 is 272 Å². The Morgan fingerprint density at radius 1 is 0.455 bits per heavy atom. The second-order valence-corrected chi connectivity index (χ2v) is 40.9. The average Bonchev–Trinajstić information content (AvgIpc) is 3.61. The van der Waals surface area contributed by atoms with Gasteiger partial charge in [0.05, 0.1) is 0 Å². The summed E-state index contributed by atoms with van der Waals surface area (Å²) in [4.78, 5) is 0. The van der Waals surface area contributed by atoms with Gasteiger partial charge in [-0.15, -0.1) is 0 Å². The maximum absolute atomic E-state index is 2.68. The molecule has 0 N–H and O–H groups in total. The molecule has 0 fully saturated rings. The van der Waals surface area contributed by atoms with E-state index in [-0.39, 0.29) is 0 Å². The van der Waals surface area contributed by atoms with Crippen molar-refractivity contribution in [3.8, 4) is 0 Å². The van der Waals surface area contributed by atoms with Crippen molar-refractivity contribution in [1.29, 1.82) is 0 Å². The Kier molecular flexibility index (Phi) is 7.04. The molecule has 0 spiro atoms. The Balaban J connectivity index is 1.37. The topological polar surface area (TPSA) is 0 Å². The van der Waals surface area contributed by atoms with Crippen molar-refractivity contribution in [3.05, 3.63) is 166 Å². The normalized spacial score (nSPS) is 17.1. The van der Waals surface area contributed by atoms with E-state index in [1.165, 1.54) is 54.9 Å². The molecule has 2 heteroatoms. The molecule has 2 unspecified atom stereocenters. The van der Waals surface area contributed by atoms with Gasteiger partial charge in [0.25, 0.3) is 0 Å². The second-order valence-electron chi connectivity index (χ2n) is 12.9. The van der Waals surface area contributed by atoms with Crippen molar-refractivity contribution in [1.82, 2.24) is 0 Å². The Labute approximate surface area is 269 Å². The monoisotopic (exact) mass is 749 g/mol. The first-order valence-electron chi connectivity index (χ1n) is 16.0. The molecule has 0 bridgehead atoms. The summed E-state index contributed by atoms with van der Waals surface area (Å²) in [5.41, 5.74) is 14.8. The quantitative estimate of drug-likeness (QED) is 0.154. The third-order valence-corrected chi connectivity index (χ3v) is 40.5. The van der Waals surface area contributed by atoms with Gasteiger partial charge in [-0.2, -0.15) is 0 Å². The van der Waals surface area contributed by atoms with Gasteiger partial charge < -0.3 is 0 Å². The number of hydrogen-bond donors (Lipinski definition) is 0. The predicted octanol–water partition coefficient (Wildman–Crippen LogP) is 11.1. The van der Waals surface area contributed by atoms with Gasteiger partial charge in [0.2, 0.25) is 0 Å². The first kappa shape index (κ1) is 27.9. The standard InChI is InChI=1S/2C20H15.C2H7Si.Hf/c2*1-14-10-11-19(20-9-5-4-8-18(14)20)17-12-15-6-2-3-7-16(15)13-17;1-3-2;/h2*2-13H,1H3;3H,1-2H3;. The van der Waals surface area contributed by atoms with Gasteiger partial charge in [-0.1, -0.05) is 0 Å². The van der Waals surface area contributed by atoms with E-state index in [0.29, 0.717) is 7.35 Å². The van der Waals surface area contributed by atoms with Gasteiger partial charge in [0.15, 0.2) is 0 Å². The maximum atomic E-state index is 2.68. The molecule has 213 valence electrons. The Bertz CT molecular complexity index is 2000. The first-order valence-corrected chi connectivity index (χ1v) is 29.2. The molecule has 44 heavy (non-hydrogen) atoms. The molecule has 6 aromatic rings. The first-order chi connectivity index (χ1) is 21.5. The van der Waals surface area contributed by atoms with Gasteiger partial charge in [-0.3, -0.25) is 0 Å². The molecular weight excluding hydrogens is 711 g/mol. The molecule has 0 aliphatic heterocycles. The summed E-state index contributed by atoms with van der Waals surface area (Å²) in [6, 6.07) is 46.4. The number of allylic oxidation sites excluding steroid dienone is 2. The number of hydrogen-bond acceptors (Lipinski definition) is 0. The molecule has 0 radical (unpaired) electrons. The molecule has 6 aromatic carbocycles. The summed E-state index contributed by atoms with van der Waals surface area (Å²) in [5, 5.41) is 5.57. The molecule has 0 heterocycles. The van der Waals surface area contributed by atoms with Gasteiger partial charge in [-0.05, 0) is 0 Å². The Morgan fingerprint density at radius 3 is 1.27 bits per heavy atom. The van der Waals surface area contributed by atoms with Crippen LogP contribution in [0.1, 0.15) is 51.9 Å². The van der Waals surface area contributed by atoms with Crippen LogP contribution in [0.2, 0.25) is 13.1 Å². The van der Waals surface area contributed by atoms with E-state index in [4.69, 9.17) is 0 Å². The van der Waals surface area contributed by atoms with Crippen molar-refractivity contribution in [3.63, 3.8) is 0 Å². The second kappa shape index (κ2) is 11.1. The number of benzene rings is 6. The fraction of sp³-hybridized carbons (Fsp3) is 0.143. The molecule has 0 amide bonds. The van der Waals surface area contributed by atoms with Crippen LogP contribution in [-0.2, 0) is 20.6 Å². The zero-order chi connectivity index (χ0) is 29.9. The van der Waals surface area contributed by atoms with Crippen molar-refractivity contribution in [2.75, 3.05) is 0 Å². The fourth-order valence-electron chi connectivity index (χ4n) is 8.07. The summed E-state index contributed by atoms with van der Waals surface area (Å²) in [7, 11) is 0. The third-order valence-electron chi connectivity index (χ3n) is 10.1. The molecule has 0 saturated carbocycles. The van der Waals surface area contributed by atoms with E-state index in [2.05, 4.69) is 160 Å². The van der Waals surface area contributed by atoms with Gasteiger partial charge in [0, 0.05) is 0 Å². The summed E-state index contributed by atoms with van der Waals surface area (Å²) in [6.45, 7) is 9.87. The van der Waals surface area contributed by atoms with Crippen LogP contribution in [-0.4, -0.2) is 5.98 Å². The molecule has 2 atom stereocenters. The van der Waals surface area contributed by atoms with Crippen molar-refractivity contribution in [2.45, 2.75) is 34.3 Å². The minimum atomic E-state index is -2.60. The zero-order valence-electron chi connectivity index (χ0n) is 25.9. The van der Waals surface area contributed by atoms with Crippen LogP contribution < -0.4 is 0 Å². The van der Waals surface area contributed by atoms with Gasteiger partial charge in [0.1, 0.15) is 0 Å². The van der Waals surface area contributed by atoms with Crippen LogP contribution in [0, 0.1) is 13.8 Å². The molecular formula is C42H37HfSi. The van der Waals surface area contributed by atoms with Gasteiger partial charge in [-0.25, -0.2) is 0 Å². The average molecular weight is 748 g/mol. The van der Waals surface area contributed by atoms with E-state index in [1.807, 2.05) is 0 Å². The summed E-state index contributed by atoms with van der Waals surface area (Å²) in [5.74, 6) is -1.05. The van der Waals surface area contributed by atoms with Crippen LogP contribution in [0.4, 0.5) is 0 Å². The SMILES string of the molecule is Cc1ccc(C2=Cc3ccccc3[CH]2[Hf]([CH]2C(c3ccc(C)c4ccccc34)=Cc3ccccc32)[SiH](C)C)c2ccccc12. The van der Waals surface area contributed by atoms with Crippen molar-refractivity contribution >= 4 is 50.8 Å². The summed E-state index contributed by atoms with van der Waals surface area (Å²) < 4.78 is 1.09. The number of fused-ring (bicyclic) bond motifs is 4. The van der Waals surface area contributed by atoms with Crippen LogP contribution in [0.3, 0.4) is 0 Å². The van der Waals surface area contributed by atoms with Crippen molar-refractivity contribution < 1.29 is 20.6 Å².